The standard InChI is InChI=1S/C17H24N4O2/c1-13-16(14(2)20-19-13)7-8-17(22)21(10-11-23-3)12-15-6-4-5-9-18-15/h4-6,9H,7-8,10-12H2,1-3H3,(H,19,20). The number of carbonyl (C=O) groups excluding carboxylic acids is 1. The molecule has 0 aliphatic rings. The molecule has 2 aromatic rings. The van der Waals surface area contributed by atoms with Gasteiger partial charge in [-0.1, -0.05) is 6.07 Å². The quantitative estimate of drug-likeness (QED) is 0.809. The molecule has 0 aliphatic heterocycles. The third-order valence-electron chi connectivity index (χ3n) is 3.87. The Bertz CT molecular complexity index is 605. The number of ether oxygens (including phenoxy) is 1. The number of aromatic amines is 1. The van der Waals surface area contributed by atoms with Crippen LogP contribution in [-0.4, -0.2) is 46.2 Å². The number of nitrogens with zero attached hydrogens (tertiary/aromatic N) is 3. The van der Waals surface area contributed by atoms with E-state index in [1.807, 2.05) is 32.0 Å². The molecule has 0 spiro atoms. The average molecular weight is 316 g/mol. The number of hydrogen-bond donors (Lipinski definition) is 1. The molecule has 0 saturated heterocycles. The van der Waals surface area contributed by atoms with Gasteiger partial charge in [0.25, 0.3) is 0 Å². The minimum absolute atomic E-state index is 0.104. The summed E-state index contributed by atoms with van der Waals surface area (Å²) < 4.78 is 5.12. The van der Waals surface area contributed by atoms with Crippen molar-refractivity contribution in [3.8, 4) is 0 Å². The van der Waals surface area contributed by atoms with Crippen molar-refractivity contribution >= 4 is 5.91 Å². The molecule has 2 rings (SSSR count). The van der Waals surface area contributed by atoms with Gasteiger partial charge >= 0.3 is 0 Å². The predicted molar refractivity (Wildman–Crippen MR) is 87.9 cm³/mol. The summed E-state index contributed by atoms with van der Waals surface area (Å²) in [6.07, 6.45) is 2.89. The molecule has 0 radical (unpaired) electrons. The lowest BCUT2D eigenvalue weighted by atomic mass is 10.1. The van der Waals surface area contributed by atoms with Crippen molar-refractivity contribution in [3.63, 3.8) is 0 Å². The molecule has 0 fully saturated rings. The Balaban J connectivity index is 1.98. The molecule has 0 bridgehead atoms. The second-order valence-electron chi connectivity index (χ2n) is 5.54. The lowest BCUT2D eigenvalue weighted by Gasteiger charge is -2.22. The predicted octanol–water partition coefficient (Wildman–Crippen LogP) is 2.03. The van der Waals surface area contributed by atoms with E-state index in [1.54, 1.807) is 18.2 Å². The molecule has 2 heterocycles. The molecule has 0 aromatic carbocycles. The van der Waals surface area contributed by atoms with Gasteiger partial charge in [-0.3, -0.25) is 14.9 Å². The second kappa shape index (κ2) is 8.43. The first kappa shape index (κ1) is 17.1. The number of carbonyl (C=O) groups is 1. The van der Waals surface area contributed by atoms with Crippen LogP contribution in [0.3, 0.4) is 0 Å². The van der Waals surface area contributed by atoms with Gasteiger partial charge in [-0.25, -0.2) is 0 Å². The van der Waals surface area contributed by atoms with Crippen LogP contribution in [-0.2, 0) is 22.5 Å². The van der Waals surface area contributed by atoms with Gasteiger partial charge in [0, 0.05) is 32.0 Å². The van der Waals surface area contributed by atoms with Crippen molar-refractivity contribution in [1.29, 1.82) is 0 Å². The Hall–Kier alpha value is -2.21. The molecule has 6 nitrogen and oxygen atoms in total. The van der Waals surface area contributed by atoms with Gasteiger partial charge in [-0.15, -0.1) is 0 Å². The molecular weight excluding hydrogens is 292 g/mol. The van der Waals surface area contributed by atoms with Crippen LogP contribution in [0.2, 0.25) is 0 Å². The second-order valence-corrected chi connectivity index (χ2v) is 5.54. The number of aromatic nitrogens is 3. The van der Waals surface area contributed by atoms with E-state index in [2.05, 4.69) is 15.2 Å². The maximum atomic E-state index is 12.6. The van der Waals surface area contributed by atoms with Gasteiger partial charge in [-0.05, 0) is 38.0 Å². The minimum atomic E-state index is 0.104. The molecule has 0 atom stereocenters. The van der Waals surface area contributed by atoms with Crippen molar-refractivity contribution in [1.82, 2.24) is 20.1 Å². The summed E-state index contributed by atoms with van der Waals surface area (Å²) in [5.41, 5.74) is 4.00. The van der Waals surface area contributed by atoms with Crippen molar-refractivity contribution in [3.05, 3.63) is 47.0 Å². The molecule has 1 N–H and O–H groups in total. The Kier molecular flexibility index (Phi) is 6.29. The Morgan fingerprint density at radius 2 is 2.17 bits per heavy atom. The molecule has 6 heteroatoms. The topological polar surface area (TPSA) is 71.1 Å². The van der Waals surface area contributed by atoms with E-state index >= 15 is 0 Å². The highest BCUT2D eigenvalue weighted by Gasteiger charge is 2.16. The number of pyridine rings is 1. The van der Waals surface area contributed by atoms with Crippen LogP contribution >= 0.6 is 0 Å². The number of amides is 1. The van der Waals surface area contributed by atoms with Gasteiger partial charge in [0.2, 0.25) is 5.91 Å². The first-order chi connectivity index (χ1) is 11.1. The van der Waals surface area contributed by atoms with Gasteiger partial charge in [0.1, 0.15) is 0 Å². The molecule has 124 valence electrons. The first-order valence-corrected chi connectivity index (χ1v) is 7.79. The van der Waals surface area contributed by atoms with E-state index in [0.717, 1.165) is 22.6 Å². The Morgan fingerprint density at radius 3 is 2.78 bits per heavy atom. The van der Waals surface area contributed by atoms with Crippen LogP contribution in [0.1, 0.15) is 29.1 Å². The lowest BCUT2D eigenvalue weighted by molar-refractivity contribution is -0.132. The number of methoxy groups -OCH3 is 1. The van der Waals surface area contributed by atoms with Gasteiger partial charge in [-0.2, -0.15) is 5.10 Å². The number of hydrogen-bond acceptors (Lipinski definition) is 4. The van der Waals surface area contributed by atoms with Crippen LogP contribution in [0.4, 0.5) is 0 Å². The average Bonchev–Trinajstić information content (AvgIpc) is 2.88. The maximum Gasteiger partial charge on any atom is 0.223 e. The van der Waals surface area contributed by atoms with E-state index in [1.165, 1.54) is 0 Å². The lowest BCUT2D eigenvalue weighted by Crippen LogP contribution is -2.34. The zero-order valence-electron chi connectivity index (χ0n) is 14.0. The van der Waals surface area contributed by atoms with Crippen molar-refractivity contribution < 1.29 is 9.53 Å². The van der Waals surface area contributed by atoms with E-state index < -0.39 is 0 Å². The number of nitrogens with one attached hydrogen (secondary N) is 1. The van der Waals surface area contributed by atoms with Gasteiger partial charge in [0.05, 0.1) is 24.5 Å². The molecule has 23 heavy (non-hydrogen) atoms. The summed E-state index contributed by atoms with van der Waals surface area (Å²) in [6, 6.07) is 5.73. The largest absolute Gasteiger partial charge is 0.383 e. The normalized spacial score (nSPS) is 10.7. The summed E-state index contributed by atoms with van der Waals surface area (Å²) in [5.74, 6) is 0.104. The SMILES string of the molecule is COCCN(Cc1ccccn1)C(=O)CCc1c(C)n[nH]c1C. The van der Waals surface area contributed by atoms with Crippen molar-refractivity contribution in [2.45, 2.75) is 33.2 Å². The van der Waals surface area contributed by atoms with Gasteiger partial charge < -0.3 is 9.64 Å². The summed E-state index contributed by atoms with van der Waals surface area (Å²) in [4.78, 5) is 18.7. The molecule has 1 amide bonds. The fraction of sp³-hybridized carbons (Fsp3) is 0.471. The van der Waals surface area contributed by atoms with Crippen LogP contribution in [0, 0.1) is 13.8 Å². The fourth-order valence-corrected chi connectivity index (χ4v) is 2.51. The van der Waals surface area contributed by atoms with Crippen LogP contribution in [0.25, 0.3) is 0 Å². The number of rotatable bonds is 8. The summed E-state index contributed by atoms with van der Waals surface area (Å²) in [6.45, 7) is 5.53. The smallest absolute Gasteiger partial charge is 0.223 e. The molecule has 0 saturated carbocycles. The summed E-state index contributed by atoms with van der Waals surface area (Å²) in [7, 11) is 1.64. The van der Waals surface area contributed by atoms with Crippen LogP contribution in [0.15, 0.2) is 24.4 Å². The monoisotopic (exact) mass is 316 g/mol. The van der Waals surface area contributed by atoms with E-state index in [9.17, 15) is 4.79 Å². The highest BCUT2D eigenvalue weighted by molar-refractivity contribution is 5.76. The number of aryl methyl sites for hydroxylation is 2. The summed E-state index contributed by atoms with van der Waals surface area (Å²) in [5, 5.41) is 7.14. The van der Waals surface area contributed by atoms with E-state index in [0.29, 0.717) is 32.5 Å². The molecule has 0 unspecified atom stereocenters. The van der Waals surface area contributed by atoms with Gasteiger partial charge in [0.15, 0.2) is 0 Å². The van der Waals surface area contributed by atoms with Crippen molar-refractivity contribution in [2.75, 3.05) is 20.3 Å². The summed E-state index contributed by atoms with van der Waals surface area (Å²) >= 11 is 0. The van der Waals surface area contributed by atoms with Crippen LogP contribution in [0.5, 0.6) is 0 Å². The maximum absolute atomic E-state index is 12.6. The zero-order chi connectivity index (χ0) is 16.7. The van der Waals surface area contributed by atoms with Crippen molar-refractivity contribution in [2.24, 2.45) is 0 Å². The van der Waals surface area contributed by atoms with E-state index in [4.69, 9.17) is 4.74 Å². The fourth-order valence-electron chi connectivity index (χ4n) is 2.51. The van der Waals surface area contributed by atoms with Crippen LogP contribution < -0.4 is 0 Å². The third kappa shape index (κ3) is 4.89. The minimum Gasteiger partial charge on any atom is -0.383 e. The first-order valence-electron chi connectivity index (χ1n) is 7.79. The Morgan fingerprint density at radius 1 is 1.35 bits per heavy atom. The highest BCUT2D eigenvalue weighted by Crippen LogP contribution is 2.13. The Labute approximate surface area is 136 Å². The molecule has 0 aliphatic carbocycles. The third-order valence-corrected chi connectivity index (χ3v) is 3.87. The molecule has 2 aromatic heterocycles. The zero-order valence-corrected chi connectivity index (χ0v) is 14.0. The molecular formula is C17H24N4O2. The number of H-pyrrole nitrogens is 1. The van der Waals surface area contributed by atoms with E-state index in [-0.39, 0.29) is 5.91 Å². The highest BCUT2D eigenvalue weighted by atomic mass is 16.5.